The van der Waals surface area contributed by atoms with Gasteiger partial charge in [0.05, 0.1) is 16.7 Å². The molecule has 0 spiro atoms. The summed E-state index contributed by atoms with van der Waals surface area (Å²) in [7, 11) is 0. The van der Waals surface area contributed by atoms with E-state index in [2.05, 4.69) is 12.1 Å². The molecule has 0 unspecified atom stereocenters. The lowest BCUT2D eigenvalue weighted by atomic mass is 10.1. The first-order valence-electron chi connectivity index (χ1n) is 6.08. The zero-order valence-electron chi connectivity index (χ0n) is 10.4. The van der Waals surface area contributed by atoms with Gasteiger partial charge in [0, 0.05) is 5.69 Å². The molecule has 0 aliphatic rings. The van der Waals surface area contributed by atoms with Gasteiger partial charge in [-0.15, -0.1) is 0 Å². The van der Waals surface area contributed by atoms with E-state index >= 15 is 0 Å². The Morgan fingerprint density at radius 2 is 1.63 bits per heavy atom. The summed E-state index contributed by atoms with van der Waals surface area (Å²) in [4.78, 5) is 0. The summed E-state index contributed by atoms with van der Waals surface area (Å²) < 4.78 is 5.62. The van der Waals surface area contributed by atoms with Gasteiger partial charge in [-0.25, -0.2) is 0 Å². The molecule has 0 atom stereocenters. The molecule has 0 radical (unpaired) electrons. The molecule has 0 amide bonds. The van der Waals surface area contributed by atoms with Gasteiger partial charge in [0.15, 0.2) is 5.75 Å². The lowest BCUT2D eigenvalue weighted by Crippen LogP contribution is -2.01. The summed E-state index contributed by atoms with van der Waals surface area (Å²) in [5, 5.41) is 0.898. The topological polar surface area (TPSA) is 35.2 Å². The van der Waals surface area contributed by atoms with Crippen LogP contribution in [0.1, 0.15) is 12.0 Å². The zero-order valence-corrected chi connectivity index (χ0v) is 11.9. The SMILES string of the molecule is Nc1cc(Cl)c(OCCCc2ccccc2)c(Cl)c1. The van der Waals surface area contributed by atoms with Crippen molar-refractivity contribution < 1.29 is 4.74 Å². The van der Waals surface area contributed by atoms with Crippen LogP contribution in [0.15, 0.2) is 42.5 Å². The molecule has 19 heavy (non-hydrogen) atoms. The molecular weight excluding hydrogens is 281 g/mol. The predicted molar refractivity (Wildman–Crippen MR) is 81.1 cm³/mol. The van der Waals surface area contributed by atoms with Crippen LogP contribution in [0.2, 0.25) is 10.0 Å². The maximum absolute atomic E-state index is 6.04. The fourth-order valence-electron chi connectivity index (χ4n) is 1.81. The average molecular weight is 296 g/mol. The van der Waals surface area contributed by atoms with Gasteiger partial charge in [-0.3, -0.25) is 0 Å². The highest BCUT2D eigenvalue weighted by Crippen LogP contribution is 2.35. The highest BCUT2D eigenvalue weighted by atomic mass is 35.5. The number of halogens is 2. The van der Waals surface area contributed by atoms with Crippen molar-refractivity contribution in [3.05, 3.63) is 58.1 Å². The minimum absolute atomic E-state index is 0.449. The monoisotopic (exact) mass is 295 g/mol. The third-order valence-corrected chi connectivity index (χ3v) is 3.28. The molecule has 2 nitrogen and oxygen atoms in total. The molecule has 0 saturated carbocycles. The highest BCUT2D eigenvalue weighted by Gasteiger charge is 2.08. The smallest absolute Gasteiger partial charge is 0.156 e. The second kappa shape index (κ2) is 6.69. The van der Waals surface area contributed by atoms with Crippen LogP contribution in [-0.2, 0) is 6.42 Å². The summed E-state index contributed by atoms with van der Waals surface area (Å²) in [5.74, 6) is 0.505. The summed E-state index contributed by atoms with van der Waals surface area (Å²) in [6.07, 6.45) is 1.87. The van der Waals surface area contributed by atoms with Crippen molar-refractivity contribution in [3.63, 3.8) is 0 Å². The molecule has 0 bridgehead atoms. The Kier molecular flexibility index (Phi) is 4.94. The van der Waals surface area contributed by atoms with Gasteiger partial charge in [-0.1, -0.05) is 53.5 Å². The van der Waals surface area contributed by atoms with Gasteiger partial charge < -0.3 is 10.5 Å². The van der Waals surface area contributed by atoms with Crippen molar-refractivity contribution in [1.82, 2.24) is 0 Å². The van der Waals surface area contributed by atoms with Crippen LogP contribution in [0.4, 0.5) is 5.69 Å². The summed E-state index contributed by atoms with van der Waals surface area (Å²) in [5.41, 5.74) is 7.46. The molecule has 2 rings (SSSR count). The van der Waals surface area contributed by atoms with E-state index in [-0.39, 0.29) is 0 Å². The summed E-state index contributed by atoms with van der Waals surface area (Å²) in [6.45, 7) is 0.568. The van der Waals surface area contributed by atoms with Crippen molar-refractivity contribution in [2.24, 2.45) is 0 Å². The van der Waals surface area contributed by atoms with E-state index in [0.717, 1.165) is 12.8 Å². The lowest BCUT2D eigenvalue weighted by Gasteiger charge is -2.10. The average Bonchev–Trinajstić information content (AvgIpc) is 2.38. The number of hydrogen-bond acceptors (Lipinski definition) is 2. The van der Waals surface area contributed by atoms with Crippen molar-refractivity contribution in [2.75, 3.05) is 12.3 Å². The van der Waals surface area contributed by atoms with E-state index in [1.165, 1.54) is 5.56 Å². The van der Waals surface area contributed by atoms with Crippen LogP contribution in [0, 0.1) is 0 Å². The van der Waals surface area contributed by atoms with Crippen molar-refractivity contribution in [2.45, 2.75) is 12.8 Å². The van der Waals surface area contributed by atoms with E-state index in [9.17, 15) is 0 Å². The Labute approximate surface area is 123 Å². The van der Waals surface area contributed by atoms with Gasteiger partial charge in [-0.2, -0.15) is 0 Å². The van der Waals surface area contributed by atoms with Crippen LogP contribution in [0.5, 0.6) is 5.75 Å². The molecule has 0 aromatic heterocycles. The molecule has 100 valence electrons. The van der Waals surface area contributed by atoms with Gasteiger partial charge in [-0.05, 0) is 30.5 Å². The first kappa shape index (κ1) is 14.0. The van der Waals surface area contributed by atoms with Crippen LogP contribution in [-0.4, -0.2) is 6.61 Å². The largest absolute Gasteiger partial charge is 0.490 e. The van der Waals surface area contributed by atoms with E-state index in [1.54, 1.807) is 12.1 Å². The molecular formula is C15H15Cl2NO. The number of hydrogen-bond donors (Lipinski definition) is 1. The Bertz CT molecular complexity index is 520. The number of anilines is 1. The Morgan fingerprint density at radius 1 is 1.00 bits per heavy atom. The molecule has 2 aromatic rings. The molecule has 4 heteroatoms. The molecule has 2 N–H and O–H groups in total. The molecule has 0 heterocycles. The summed E-state index contributed by atoms with van der Waals surface area (Å²) >= 11 is 12.1. The van der Waals surface area contributed by atoms with E-state index in [1.807, 2.05) is 18.2 Å². The van der Waals surface area contributed by atoms with E-state index in [0.29, 0.717) is 28.1 Å². The number of rotatable bonds is 5. The molecule has 0 saturated heterocycles. The van der Waals surface area contributed by atoms with Crippen molar-refractivity contribution >= 4 is 28.9 Å². The third kappa shape index (κ3) is 4.05. The van der Waals surface area contributed by atoms with Gasteiger partial charge in [0.1, 0.15) is 0 Å². The fourth-order valence-corrected chi connectivity index (χ4v) is 2.43. The Hall–Kier alpha value is -1.38. The normalized spacial score (nSPS) is 10.4. The van der Waals surface area contributed by atoms with E-state index in [4.69, 9.17) is 33.7 Å². The minimum atomic E-state index is 0.449. The number of aryl methyl sites for hydroxylation is 1. The summed E-state index contributed by atoms with van der Waals surface area (Å²) in [6, 6.07) is 13.5. The van der Waals surface area contributed by atoms with Crippen molar-refractivity contribution in [1.29, 1.82) is 0 Å². The Morgan fingerprint density at radius 3 is 2.26 bits per heavy atom. The number of nitrogens with two attached hydrogens (primary N) is 1. The quantitative estimate of drug-likeness (QED) is 0.647. The van der Waals surface area contributed by atoms with Crippen LogP contribution < -0.4 is 10.5 Å². The van der Waals surface area contributed by atoms with Crippen molar-refractivity contribution in [3.8, 4) is 5.75 Å². The van der Waals surface area contributed by atoms with Gasteiger partial charge in [0.2, 0.25) is 0 Å². The van der Waals surface area contributed by atoms with Crippen LogP contribution in [0.3, 0.4) is 0 Å². The first-order valence-corrected chi connectivity index (χ1v) is 6.83. The predicted octanol–water partition coefficient (Wildman–Crippen LogP) is 4.59. The van der Waals surface area contributed by atoms with Crippen LogP contribution in [0.25, 0.3) is 0 Å². The fraction of sp³-hybridized carbons (Fsp3) is 0.200. The minimum Gasteiger partial charge on any atom is -0.490 e. The first-order chi connectivity index (χ1) is 9.16. The van der Waals surface area contributed by atoms with Crippen LogP contribution >= 0.6 is 23.2 Å². The standard InChI is InChI=1S/C15H15Cl2NO/c16-13-9-12(18)10-14(17)15(13)19-8-4-7-11-5-2-1-3-6-11/h1-3,5-6,9-10H,4,7-8,18H2. The number of nitrogen functional groups attached to an aromatic ring is 1. The highest BCUT2D eigenvalue weighted by molar-refractivity contribution is 6.37. The van der Waals surface area contributed by atoms with Gasteiger partial charge >= 0.3 is 0 Å². The molecule has 0 fully saturated rings. The number of ether oxygens (including phenoxy) is 1. The lowest BCUT2D eigenvalue weighted by molar-refractivity contribution is 0.311. The molecule has 2 aromatic carbocycles. The number of benzene rings is 2. The molecule has 0 aliphatic heterocycles. The molecule has 0 aliphatic carbocycles. The zero-order chi connectivity index (χ0) is 13.7. The third-order valence-electron chi connectivity index (χ3n) is 2.72. The maximum Gasteiger partial charge on any atom is 0.156 e. The van der Waals surface area contributed by atoms with E-state index < -0.39 is 0 Å². The van der Waals surface area contributed by atoms with Gasteiger partial charge in [0.25, 0.3) is 0 Å². The second-order valence-electron chi connectivity index (χ2n) is 4.25. The maximum atomic E-state index is 6.04. The second-order valence-corrected chi connectivity index (χ2v) is 5.07. The Balaban J connectivity index is 1.86.